The first-order valence-electron chi connectivity index (χ1n) is 7.33. The fraction of sp³-hybridized carbons (Fsp3) is 0.294. The molecule has 0 aliphatic carbocycles. The maximum absolute atomic E-state index is 12.4. The number of carbonyl (C=O) groups is 1. The van der Waals surface area contributed by atoms with Crippen LogP contribution in [0.2, 0.25) is 5.02 Å². The molecule has 2 rings (SSSR count). The molecule has 0 aliphatic rings. The Kier molecular flexibility index (Phi) is 5.39. The van der Waals surface area contributed by atoms with Gasteiger partial charge in [-0.1, -0.05) is 11.6 Å². The molecule has 4 nitrogen and oxygen atoms in total. The lowest BCUT2D eigenvalue weighted by Gasteiger charge is -2.21. The van der Waals surface area contributed by atoms with Gasteiger partial charge in [0.05, 0.1) is 0 Å². The summed E-state index contributed by atoms with van der Waals surface area (Å²) >= 11 is 5.93. The fourth-order valence-electron chi connectivity index (χ4n) is 2.28. The van der Waals surface area contributed by atoms with Gasteiger partial charge in [-0.05, 0) is 56.7 Å². The van der Waals surface area contributed by atoms with Gasteiger partial charge < -0.3 is 10.2 Å². The molecule has 1 heterocycles. The molecule has 0 saturated heterocycles. The predicted molar refractivity (Wildman–Crippen MR) is 91.9 cm³/mol. The van der Waals surface area contributed by atoms with E-state index in [0.29, 0.717) is 10.7 Å². The standard InChI is InChI=1S/C17H20ClN3O/c1-4-21(5-2)14-8-9-19-16(11-14)17(22)20-15-7-6-13(18)10-12(15)3/h6-11H,4-5H2,1-3H3,(H,20,22). The topological polar surface area (TPSA) is 45.2 Å². The van der Waals surface area contributed by atoms with Gasteiger partial charge in [0.1, 0.15) is 5.69 Å². The summed E-state index contributed by atoms with van der Waals surface area (Å²) in [5.41, 5.74) is 3.06. The third kappa shape index (κ3) is 3.77. The molecule has 0 aliphatic heterocycles. The highest BCUT2D eigenvalue weighted by Crippen LogP contribution is 2.21. The number of aryl methyl sites for hydroxylation is 1. The molecule has 5 heteroatoms. The number of anilines is 2. The van der Waals surface area contributed by atoms with Crippen LogP contribution in [-0.4, -0.2) is 24.0 Å². The monoisotopic (exact) mass is 317 g/mol. The molecule has 1 amide bonds. The van der Waals surface area contributed by atoms with Gasteiger partial charge in [-0.25, -0.2) is 0 Å². The molecule has 0 saturated carbocycles. The minimum Gasteiger partial charge on any atom is -0.372 e. The van der Waals surface area contributed by atoms with Crippen LogP contribution in [0.3, 0.4) is 0 Å². The zero-order valence-electron chi connectivity index (χ0n) is 13.1. The smallest absolute Gasteiger partial charge is 0.274 e. The van der Waals surface area contributed by atoms with Crippen molar-refractivity contribution >= 4 is 28.9 Å². The maximum atomic E-state index is 12.4. The number of rotatable bonds is 5. The summed E-state index contributed by atoms with van der Waals surface area (Å²) in [4.78, 5) is 18.7. The van der Waals surface area contributed by atoms with Gasteiger partial charge in [0.15, 0.2) is 0 Å². The van der Waals surface area contributed by atoms with Gasteiger partial charge in [-0.2, -0.15) is 0 Å². The van der Waals surface area contributed by atoms with E-state index >= 15 is 0 Å². The lowest BCUT2D eigenvalue weighted by Crippen LogP contribution is -2.23. The van der Waals surface area contributed by atoms with Gasteiger partial charge >= 0.3 is 0 Å². The van der Waals surface area contributed by atoms with Crippen LogP contribution in [0.4, 0.5) is 11.4 Å². The van der Waals surface area contributed by atoms with Crippen molar-refractivity contribution in [3.63, 3.8) is 0 Å². The molecule has 0 spiro atoms. The number of nitrogens with one attached hydrogen (secondary N) is 1. The van der Waals surface area contributed by atoms with Crippen molar-refractivity contribution in [1.82, 2.24) is 4.98 Å². The lowest BCUT2D eigenvalue weighted by atomic mass is 10.2. The largest absolute Gasteiger partial charge is 0.372 e. The number of nitrogens with zero attached hydrogens (tertiary/aromatic N) is 2. The average Bonchev–Trinajstić information content (AvgIpc) is 2.51. The molecule has 0 radical (unpaired) electrons. The number of amides is 1. The van der Waals surface area contributed by atoms with E-state index in [9.17, 15) is 4.79 Å². The average molecular weight is 318 g/mol. The predicted octanol–water partition coefficient (Wildman–Crippen LogP) is 4.14. The van der Waals surface area contributed by atoms with Crippen molar-refractivity contribution in [2.75, 3.05) is 23.3 Å². The third-order valence-corrected chi connectivity index (χ3v) is 3.78. The molecular weight excluding hydrogens is 298 g/mol. The first-order valence-corrected chi connectivity index (χ1v) is 7.71. The normalized spacial score (nSPS) is 10.4. The van der Waals surface area contributed by atoms with Gasteiger partial charge in [0.25, 0.3) is 5.91 Å². The van der Waals surface area contributed by atoms with E-state index in [1.54, 1.807) is 18.3 Å². The molecular formula is C17H20ClN3O. The van der Waals surface area contributed by atoms with Gasteiger partial charge in [-0.3, -0.25) is 9.78 Å². The highest BCUT2D eigenvalue weighted by atomic mass is 35.5. The van der Waals surface area contributed by atoms with E-state index < -0.39 is 0 Å². The van der Waals surface area contributed by atoms with Crippen LogP contribution in [0.1, 0.15) is 29.9 Å². The Morgan fingerprint density at radius 1 is 1.23 bits per heavy atom. The van der Waals surface area contributed by atoms with Gasteiger partial charge in [0, 0.05) is 35.7 Å². The van der Waals surface area contributed by atoms with Crippen LogP contribution >= 0.6 is 11.6 Å². The van der Waals surface area contributed by atoms with Crippen molar-refractivity contribution in [2.45, 2.75) is 20.8 Å². The zero-order valence-corrected chi connectivity index (χ0v) is 13.8. The van der Waals surface area contributed by atoms with E-state index in [0.717, 1.165) is 30.0 Å². The molecule has 1 aromatic carbocycles. The summed E-state index contributed by atoms with van der Waals surface area (Å²) in [5.74, 6) is -0.223. The first-order chi connectivity index (χ1) is 10.5. The van der Waals surface area contributed by atoms with Crippen molar-refractivity contribution in [1.29, 1.82) is 0 Å². The van der Waals surface area contributed by atoms with Crippen molar-refractivity contribution in [3.05, 3.63) is 52.8 Å². The highest BCUT2D eigenvalue weighted by molar-refractivity contribution is 6.30. The van der Waals surface area contributed by atoms with Gasteiger partial charge in [-0.15, -0.1) is 0 Å². The number of hydrogen-bond acceptors (Lipinski definition) is 3. The molecule has 2 aromatic rings. The SMILES string of the molecule is CCN(CC)c1ccnc(C(=O)Nc2ccc(Cl)cc2C)c1. The minimum absolute atomic E-state index is 0.223. The Hall–Kier alpha value is -2.07. The lowest BCUT2D eigenvalue weighted by molar-refractivity contribution is 0.102. The number of benzene rings is 1. The van der Waals surface area contributed by atoms with Crippen LogP contribution in [0.5, 0.6) is 0 Å². The van der Waals surface area contributed by atoms with Crippen LogP contribution < -0.4 is 10.2 Å². The summed E-state index contributed by atoms with van der Waals surface area (Å²) in [5, 5.41) is 3.53. The third-order valence-electron chi connectivity index (χ3n) is 3.54. The van der Waals surface area contributed by atoms with Crippen LogP contribution in [-0.2, 0) is 0 Å². The molecule has 22 heavy (non-hydrogen) atoms. The Bertz CT molecular complexity index is 669. The summed E-state index contributed by atoms with van der Waals surface area (Å²) in [6, 6.07) is 9.09. The number of carbonyl (C=O) groups excluding carboxylic acids is 1. The zero-order chi connectivity index (χ0) is 16.1. The number of halogens is 1. The van der Waals surface area contributed by atoms with Crippen LogP contribution in [0, 0.1) is 6.92 Å². The summed E-state index contributed by atoms with van der Waals surface area (Å²) in [6.07, 6.45) is 1.66. The molecule has 0 bridgehead atoms. The van der Waals surface area contributed by atoms with E-state index in [-0.39, 0.29) is 5.91 Å². The second-order valence-electron chi connectivity index (χ2n) is 4.98. The second-order valence-corrected chi connectivity index (χ2v) is 5.42. The molecule has 1 N–H and O–H groups in total. The van der Waals surface area contributed by atoms with Crippen LogP contribution in [0.25, 0.3) is 0 Å². The Labute approximate surface area is 136 Å². The summed E-state index contributed by atoms with van der Waals surface area (Å²) in [7, 11) is 0. The molecule has 116 valence electrons. The fourth-order valence-corrected chi connectivity index (χ4v) is 2.51. The summed E-state index contributed by atoms with van der Waals surface area (Å²) in [6.45, 7) is 7.85. The number of hydrogen-bond donors (Lipinski definition) is 1. The molecule has 0 unspecified atom stereocenters. The summed E-state index contributed by atoms with van der Waals surface area (Å²) < 4.78 is 0. The van der Waals surface area contributed by atoms with E-state index in [4.69, 9.17) is 11.6 Å². The van der Waals surface area contributed by atoms with Crippen molar-refractivity contribution in [2.24, 2.45) is 0 Å². The minimum atomic E-state index is -0.223. The first kappa shape index (κ1) is 16.3. The molecule has 0 fully saturated rings. The Balaban J connectivity index is 2.21. The van der Waals surface area contributed by atoms with E-state index in [2.05, 4.69) is 29.0 Å². The number of pyridine rings is 1. The highest BCUT2D eigenvalue weighted by Gasteiger charge is 2.11. The van der Waals surface area contributed by atoms with E-state index in [1.165, 1.54) is 0 Å². The van der Waals surface area contributed by atoms with Crippen molar-refractivity contribution < 1.29 is 4.79 Å². The second kappa shape index (κ2) is 7.27. The van der Waals surface area contributed by atoms with Crippen molar-refractivity contribution in [3.8, 4) is 0 Å². The van der Waals surface area contributed by atoms with Gasteiger partial charge in [0.2, 0.25) is 0 Å². The molecule has 0 atom stereocenters. The maximum Gasteiger partial charge on any atom is 0.274 e. The molecule has 1 aromatic heterocycles. The Morgan fingerprint density at radius 2 is 1.95 bits per heavy atom. The van der Waals surface area contributed by atoms with E-state index in [1.807, 2.05) is 25.1 Å². The quantitative estimate of drug-likeness (QED) is 0.901. The van der Waals surface area contributed by atoms with Crippen LogP contribution in [0.15, 0.2) is 36.5 Å². The Morgan fingerprint density at radius 3 is 2.59 bits per heavy atom. The number of aromatic nitrogens is 1.